The van der Waals surface area contributed by atoms with Crippen molar-refractivity contribution in [3.05, 3.63) is 39.9 Å². The van der Waals surface area contributed by atoms with Gasteiger partial charge in [-0.1, -0.05) is 26.0 Å². The first-order valence-corrected chi connectivity index (χ1v) is 4.92. The molecule has 1 aromatic rings. The molecular formula is C11H15NO4. The number of hydrogen-bond donors (Lipinski definition) is 2. The molecule has 16 heavy (non-hydrogen) atoms. The Kier molecular flexibility index (Phi) is 3.62. The summed E-state index contributed by atoms with van der Waals surface area (Å²) in [5.41, 5.74) is -0.713. The van der Waals surface area contributed by atoms with Crippen molar-refractivity contribution in [1.82, 2.24) is 0 Å². The Labute approximate surface area is 93.5 Å². The highest BCUT2D eigenvalue weighted by atomic mass is 16.6. The molecule has 0 aliphatic heterocycles. The van der Waals surface area contributed by atoms with Gasteiger partial charge in [0.05, 0.1) is 23.2 Å². The summed E-state index contributed by atoms with van der Waals surface area (Å²) in [6, 6.07) is 6.01. The maximum atomic E-state index is 10.8. The van der Waals surface area contributed by atoms with Crippen LogP contribution in [0.1, 0.15) is 25.5 Å². The van der Waals surface area contributed by atoms with Crippen molar-refractivity contribution in [2.24, 2.45) is 5.41 Å². The lowest BCUT2D eigenvalue weighted by atomic mass is 9.83. The molecule has 0 aliphatic carbocycles. The van der Waals surface area contributed by atoms with Crippen molar-refractivity contribution in [3.63, 3.8) is 0 Å². The molecule has 0 amide bonds. The minimum Gasteiger partial charge on any atom is -0.396 e. The fourth-order valence-electron chi connectivity index (χ4n) is 1.39. The molecule has 0 radical (unpaired) electrons. The lowest BCUT2D eigenvalue weighted by Crippen LogP contribution is -2.26. The molecule has 1 rings (SSSR count). The lowest BCUT2D eigenvalue weighted by molar-refractivity contribution is -0.386. The highest BCUT2D eigenvalue weighted by Crippen LogP contribution is 2.36. The summed E-state index contributed by atoms with van der Waals surface area (Å²) >= 11 is 0. The number of nitrogens with zero attached hydrogens (tertiary/aromatic N) is 1. The number of benzene rings is 1. The lowest BCUT2D eigenvalue weighted by Gasteiger charge is -2.28. The van der Waals surface area contributed by atoms with Crippen LogP contribution in [0.4, 0.5) is 5.69 Å². The van der Waals surface area contributed by atoms with Crippen LogP contribution in [0.3, 0.4) is 0 Å². The first kappa shape index (κ1) is 12.6. The molecule has 0 fully saturated rings. The van der Waals surface area contributed by atoms with Crippen LogP contribution in [0.5, 0.6) is 0 Å². The van der Waals surface area contributed by atoms with E-state index in [9.17, 15) is 15.2 Å². The highest BCUT2D eigenvalue weighted by Gasteiger charge is 2.32. The van der Waals surface area contributed by atoms with Crippen LogP contribution >= 0.6 is 0 Å². The minimum absolute atomic E-state index is 0.128. The Bertz CT molecular complexity index is 389. The molecule has 0 aliphatic rings. The molecule has 0 saturated heterocycles. The molecule has 1 aromatic carbocycles. The van der Waals surface area contributed by atoms with E-state index in [1.54, 1.807) is 26.0 Å². The Morgan fingerprint density at radius 3 is 2.50 bits per heavy atom. The summed E-state index contributed by atoms with van der Waals surface area (Å²) < 4.78 is 0. The molecule has 5 nitrogen and oxygen atoms in total. The van der Waals surface area contributed by atoms with Gasteiger partial charge in [-0.3, -0.25) is 10.1 Å². The van der Waals surface area contributed by atoms with Crippen LogP contribution in [-0.2, 0) is 0 Å². The van der Waals surface area contributed by atoms with Crippen molar-refractivity contribution < 1.29 is 15.1 Å². The van der Waals surface area contributed by atoms with Gasteiger partial charge in [0, 0.05) is 11.5 Å². The Hall–Kier alpha value is -1.46. The third-order valence-electron chi connectivity index (χ3n) is 2.58. The van der Waals surface area contributed by atoms with E-state index in [0.29, 0.717) is 0 Å². The van der Waals surface area contributed by atoms with Crippen molar-refractivity contribution in [2.75, 3.05) is 6.61 Å². The molecule has 0 aromatic heterocycles. The number of aliphatic hydroxyl groups is 2. The zero-order valence-corrected chi connectivity index (χ0v) is 9.25. The largest absolute Gasteiger partial charge is 0.396 e. The Morgan fingerprint density at radius 1 is 1.44 bits per heavy atom. The van der Waals surface area contributed by atoms with Crippen LogP contribution in [0.25, 0.3) is 0 Å². The predicted octanol–water partition coefficient (Wildman–Crippen LogP) is 1.65. The molecule has 0 bridgehead atoms. The maximum absolute atomic E-state index is 10.8. The average molecular weight is 225 g/mol. The number of para-hydroxylation sites is 1. The van der Waals surface area contributed by atoms with E-state index < -0.39 is 16.4 Å². The second-order valence-corrected chi connectivity index (χ2v) is 4.37. The average Bonchev–Trinajstić information content (AvgIpc) is 2.28. The van der Waals surface area contributed by atoms with Gasteiger partial charge in [-0.2, -0.15) is 0 Å². The zero-order chi connectivity index (χ0) is 12.3. The molecule has 88 valence electrons. The molecule has 0 saturated carbocycles. The quantitative estimate of drug-likeness (QED) is 0.602. The van der Waals surface area contributed by atoms with E-state index in [2.05, 4.69) is 0 Å². The summed E-state index contributed by atoms with van der Waals surface area (Å²) in [4.78, 5) is 10.2. The van der Waals surface area contributed by atoms with Crippen LogP contribution < -0.4 is 0 Å². The summed E-state index contributed by atoms with van der Waals surface area (Å²) in [6.07, 6.45) is -1.07. The number of nitro benzene ring substituents is 1. The van der Waals surface area contributed by atoms with E-state index in [1.807, 2.05) is 0 Å². The SMILES string of the molecule is CC(C)(CO)[C@H](O)c1ccccc1[N+](=O)[O-]. The van der Waals surface area contributed by atoms with E-state index in [1.165, 1.54) is 12.1 Å². The van der Waals surface area contributed by atoms with E-state index >= 15 is 0 Å². The Morgan fingerprint density at radius 2 is 2.00 bits per heavy atom. The Balaban J connectivity index is 3.18. The zero-order valence-electron chi connectivity index (χ0n) is 9.25. The predicted molar refractivity (Wildman–Crippen MR) is 58.9 cm³/mol. The fraction of sp³-hybridized carbons (Fsp3) is 0.455. The van der Waals surface area contributed by atoms with Crippen LogP contribution in [-0.4, -0.2) is 21.7 Å². The summed E-state index contributed by atoms with van der Waals surface area (Å²) in [5, 5.41) is 29.9. The number of aliphatic hydroxyl groups excluding tert-OH is 2. The highest BCUT2D eigenvalue weighted by molar-refractivity contribution is 5.42. The van der Waals surface area contributed by atoms with Gasteiger partial charge >= 0.3 is 0 Å². The molecule has 1 atom stereocenters. The first-order valence-electron chi connectivity index (χ1n) is 4.92. The summed E-state index contributed by atoms with van der Waals surface area (Å²) in [5.74, 6) is 0. The monoisotopic (exact) mass is 225 g/mol. The number of hydrogen-bond acceptors (Lipinski definition) is 4. The molecule has 0 heterocycles. The fourth-order valence-corrected chi connectivity index (χ4v) is 1.39. The van der Waals surface area contributed by atoms with E-state index in [4.69, 9.17) is 5.11 Å². The van der Waals surface area contributed by atoms with Crippen molar-refractivity contribution in [3.8, 4) is 0 Å². The van der Waals surface area contributed by atoms with Gasteiger partial charge in [0.2, 0.25) is 0 Å². The third-order valence-corrected chi connectivity index (χ3v) is 2.58. The number of rotatable bonds is 4. The van der Waals surface area contributed by atoms with Gasteiger partial charge in [-0.25, -0.2) is 0 Å². The van der Waals surface area contributed by atoms with Crippen LogP contribution in [0, 0.1) is 15.5 Å². The van der Waals surface area contributed by atoms with Gasteiger partial charge in [0.15, 0.2) is 0 Å². The first-order chi connectivity index (χ1) is 7.40. The smallest absolute Gasteiger partial charge is 0.275 e. The number of nitro groups is 1. The summed E-state index contributed by atoms with van der Waals surface area (Å²) in [7, 11) is 0. The van der Waals surface area contributed by atoms with Gasteiger partial charge in [-0.15, -0.1) is 0 Å². The van der Waals surface area contributed by atoms with E-state index in [-0.39, 0.29) is 17.9 Å². The van der Waals surface area contributed by atoms with Gasteiger partial charge in [-0.05, 0) is 6.07 Å². The third kappa shape index (κ3) is 2.37. The molecular weight excluding hydrogens is 210 g/mol. The van der Waals surface area contributed by atoms with Crippen LogP contribution in [0.2, 0.25) is 0 Å². The maximum Gasteiger partial charge on any atom is 0.275 e. The van der Waals surface area contributed by atoms with Gasteiger partial charge in [0.1, 0.15) is 0 Å². The van der Waals surface area contributed by atoms with E-state index in [0.717, 1.165) is 0 Å². The second kappa shape index (κ2) is 4.59. The molecule has 5 heteroatoms. The van der Waals surface area contributed by atoms with Crippen LogP contribution in [0.15, 0.2) is 24.3 Å². The van der Waals surface area contributed by atoms with Gasteiger partial charge in [0.25, 0.3) is 5.69 Å². The summed E-state index contributed by atoms with van der Waals surface area (Å²) in [6.45, 7) is 3.04. The molecule has 0 spiro atoms. The topological polar surface area (TPSA) is 83.6 Å². The standard InChI is InChI=1S/C11H15NO4/c1-11(2,7-13)10(14)8-5-3-4-6-9(8)12(15)16/h3-6,10,13-14H,7H2,1-2H3/t10-/m1/s1. The molecule has 0 unspecified atom stereocenters. The van der Waals surface area contributed by atoms with Crippen molar-refractivity contribution in [1.29, 1.82) is 0 Å². The normalized spacial score (nSPS) is 13.5. The molecule has 2 N–H and O–H groups in total. The van der Waals surface area contributed by atoms with Crippen molar-refractivity contribution >= 4 is 5.69 Å². The van der Waals surface area contributed by atoms with Gasteiger partial charge < -0.3 is 10.2 Å². The second-order valence-electron chi connectivity index (χ2n) is 4.37. The van der Waals surface area contributed by atoms with Crippen molar-refractivity contribution in [2.45, 2.75) is 20.0 Å². The minimum atomic E-state index is -1.07.